The zero-order valence-electron chi connectivity index (χ0n) is 20.6. The van der Waals surface area contributed by atoms with Gasteiger partial charge in [0.1, 0.15) is 29.8 Å². The number of ether oxygens (including phenoxy) is 3. The predicted molar refractivity (Wildman–Crippen MR) is 136 cm³/mol. The molecular formula is C25H26FN7O4. The van der Waals surface area contributed by atoms with Crippen molar-refractivity contribution in [1.82, 2.24) is 19.5 Å². The molecule has 1 saturated heterocycles. The fraction of sp³-hybridized carbons (Fsp3) is 0.280. The van der Waals surface area contributed by atoms with Gasteiger partial charge in [-0.05, 0) is 25.0 Å². The minimum absolute atomic E-state index is 0.297. The lowest BCUT2D eigenvalue weighted by molar-refractivity contribution is -0.119. The Kier molecular flexibility index (Phi) is 6.38. The SMILES string of the molecule is COc1cc(-n2cnc(Nc3nc(N4CCC[C@H]4C(N)=O)nc4cc(F)ccc34)c2)cc(OC)c1OC. The summed E-state index contributed by atoms with van der Waals surface area (Å²) in [5.41, 5.74) is 6.71. The molecule has 0 radical (unpaired) electrons. The number of aromatic nitrogens is 4. The monoisotopic (exact) mass is 507 g/mol. The Hall–Kier alpha value is -4.61. The molecule has 4 aromatic rings. The van der Waals surface area contributed by atoms with E-state index in [4.69, 9.17) is 19.9 Å². The molecule has 12 heteroatoms. The van der Waals surface area contributed by atoms with Crippen LogP contribution in [0.2, 0.25) is 0 Å². The highest BCUT2D eigenvalue weighted by atomic mass is 19.1. The van der Waals surface area contributed by atoms with Crippen LogP contribution in [0.25, 0.3) is 16.6 Å². The zero-order chi connectivity index (χ0) is 26.1. The van der Waals surface area contributed by atoms with Gasteiger partial charge in [0.05, 0.1) is 38.7 Å². The van der Waals surface area contributed by atoms with Crippen molar-refractivity contribution in [3.63, 3.8) is 0 Å². The van der Waals surface area contributed by atoms with Gasteiger partial charge < -0.3 is 34.7 Å². The molecular weight excluding hydrogens is 481 g/mol. The molecule has 3 N–H and O–H groups in total. The van der Waals surface area contributed by atoms with Gasteiger partial charge in [-0.3, -0.25) is 4.79 Å². The van der Waals surface area contributed by atoms with Crippen LogP contribution in [-0.2, 0) is 4.79 Å². The second kappa shape index (κ2) is 9.80. The van der Waals surface area contributed by atoms with E-state index in [1.165, 1.54) is 12.1 Å². The number of hydrogen-bond donors (Lipinski definition) is 2. The Morgan fingerprint density at radius 2 is 1.86 bits per heavy atom. The summed E-state index contributed by atoms with van der Waals surface area (Å²) in [6, 6.07) is 7.35. The van der Waals surface area contributed by atoms with Gasteiger partial charge in [0.15, 0.2) is 11.5 Å². The van der Waals surface area contributed by atoms with Gasteiger partial charge in [0, 0.05) is 30.1 Å². The van der Waals surface area contributed by atoms with Crippen LogP contribution in [0.4, 0.5) is 22.0 Å². The number of rotatable bonds is 8. The number of imidazole rings is 1. The summed E-state index contributed by atoms with van der Waals surface area (Å²) in [5, 5.41) is 3.81. The molecule has 0 spiro atoms. The molecule has 0 bridgehead atoms. The van der Waals surface area contributed by atoms with Crippen LogP contribution in [0.3, 0.4) is 0 Å². The second-order valence-corrected chi connectivity index (χ2v) is 8.46. The molecule has 2 aromatic carbocycles. The van der Waals surface area contributed by atoms with Crippen LogP contribution >= 0.6 is 0 Å². The van der Waals surface area contributed by atoms with Gasteiger partial charge in [-0.25, -0.2) is 14.4 Å². The summed E-state index contributed by atoms with van der Waals surface area (Å²) in [6.45, 7) is 0.573. The number of carbonyl (C=O) groups excluding carboxylic acids is 1. The maximum Gasteiger partial charge on any atom is 0.240 e. The number of hydrogen-bond acceptors (Lipinski definition) is 9. The summed E-state index contributed by atoms with van der Waals surface area (Å²) >= 11 is 0. The van der Waals surface area contributed by atoms with Gasteiger partial charge in [-0.1, -0.05) is 0 Å². The zero-order valence-corrected chi connectivity index (χ0v) is 20.6. The first-order valence-corrected chi connectivity index (χ1v) is 11.6. The van der Waals surface area contributed by atoms with Crippen LogP contribution in [0.15, 0.2) is 42.9 Å². The minimum atomic E-state index is -0.516. The average Bonchev–Trinajstić information content (AvgIpc) is 3.57. The number of anilines is 3. The third kappa shape index (κ3) is 4.53. The van der Waals surface area contributed by atoms with Crippen LogP contribution in [-0.4, -0.2) is 59.3 Å². The van der Waals surface area contributed by atoms with Crippen molar-refractivity contribution in [3.8, 4) is 22.9 Å². The Bertz CT molecular complexity index is 1450. The van der Waals surface area contributed by atoms with Gasteiger partial charge >= 0.3 is 0 Å². The van der Waals surface area contributed by atoms with E-state index >= 15 is 0 Å². The lowest BCUT2D eigenvalue weighted by Crippen LogP contribution is -2.41. The fourth-order valence-electron chi connectivity index (χ4n) is 4.48. The maximum absolute atomic E-state index is 14.1. The predicted octanol–water partition coefficient (Wildman–Crippen LogP) is 3.18. The molecule has 1 fully saturated rings. The number of nitrogens with one attached hydrogen (secondary N) is 1. The molecule has 1 amide bonds. The normalized spacial score (nSPS) is 15.1. The topological polar surface area (TPSA) is 130 Å². The Balaban J connectivity index is 1.52. The number of nitrogens with zero attached hydrogens (tertiary/aromatic N) is 5. The van der Waals surface area contributed by atoms with Crippen LogP contribution in [0.1, 0.15) is 12.8 Å². The van der Waals surface area contributed by atoms with E-state index in [9.17, 15) is 9.18 Å². The minimum Gasteiger partial charge on any atom is -0.493 e. The molecule has 37 heavy (non-hydrogen) atoms. The van der Waals surface area contributed by atoms with Gasteiger partial charge in [-0.2, -0.15) is 4.98 Å². The lowest BCUT2D eigenvalue weighted by atomic mass is 10.2. The summed E-state index contributed by atoms with van der Waals surface area (Å²) in [6.07, 6.45) is 4.78. The molecule has 1 aliphatic heterocycles. The van der Waals surface area contributed by atoms with E-state index in [0.29, 0.717) is 58.7 Å². The first-order chi connectivity index (χ1) is 17.9. The number of primary amides is 1. The third-order valence-corrected chi connectivity index (χ3v) is 6.26. The van der Waals surface area contributed by atoms with Crippen molar-refractivity contribution in [2.24, 2.45) is 5.73 Å². The van der Waals surface area contributed by atoms with Gasteiger partial charge in [0.2, 0.25) is 17.6 Å². The quantitative estimate of drug-likeness (QED) is 0.369. The molecule has 1 atom stereocenters. The Labute approximate surface area is 212 Å². The first-order valence-electron chi connectivity index (χ1n) is 11.6. The standard InChI is InChI=1S/C25H26FN7O4/c1-35-19-10-15(11-20(36-2)22(19)37-3)32-12-21(28-13-32)30-24-16-7-6-14(26)9-17(16)29-25(31-24)33-8-4-5-18(33)23(27)34/h6-7,9-13,18H,4-5,8H2,1-3H3,(H2,27,34)(H,29,30,31)/t18-/m0/s1. The first kappa shape index (κ1) is 24.1. The lowest BCUT2D eigenvalue weighted by Gasteiger charge is -2.23. The third-order valence-electron chi connectivity index (χ3n) is 6.26. The number of amides is 1. The van der Waals surface area contributed by atoms with Crippen molar-refractivity contribution in [2.75, 3.05) is 38.1 Å². The van der Waals surface area contributed by atoms with Crippen LogP contribution < -0.4 is 30.2 Å². The molecule has 11 nitrogen and oxygen atoms in total. The van der Waals surface area contributed by atoms with Crippen molar-refractivity contribution in [1.29, 1.82) is 0 Å². The van der Waals surface area contributed by atoms with E-state index in [1.807, 2.05) is 0 Å². The summed E-state index contributed by atoms with van der Waals surface area (Å²) in [4.78, 5) is 27.4. The molecule has 5 rings (SSSR count). The second-order valence-electron chi connectivity index (χ2n) is 8.46. The highest BCUT2D eigenvalue weighted by Gasteiger charge is 2.31. The number of fused-ring (bicyclic) bond motifs is 1. The van der Waals surface area contributed by atoms with Crippen molar-refractivity contribution in [2.45, 2.75) is 18.9 Å². The molecule has 0 unspecified atom stereocenters. The molecule has 0 saturated carbocycles. The van der Waals surface area contributed by atoms with Crippen molar-refractivity contribution >= 4 is 34.4 Å². The van der Waals surface area contributed by atoms with Crippen LogP contribution in [0, 0.1) is 5.82 Å². The number of nitrogens with two attached hydrogens (primary N) is 1. The van der Waals surface area contributed by atoms with Crippen molar-refractivity contribution in [3.05, 3.63) is 48.7 Å². The highest BCUT2D eigenvalue weighted by Crippen LogP contribution is 2.39. The summed E-state index contributed by atoms with van der Waals surface area (Å²) in [5.74, 6) is 1.82. The molecule has 3 heterocycles. The highest BCUT2D eigenvalue weighted by molar-refractivity contribution is 5.92. The van der Waals surface area contributed by atoms with E-state index in [2.05, 4.69) is 20.3 Å². The Morgan fingerprint density at radius 1 is 1.11 bits per heavy atom. The van der Waals surface area contributed by atoms with E-state index in [0.717, 1.165) is 12.1 Å². The number of halogens is 1. The smallest absolute Gasteiger partial charge is 0.240 e. The van der Waals surface area contributed by atoms with Gasteiger partial charge in [0.25, 0.3) is 0 Å². The molecule has 1 aliphatic rings. The van der Waals surface area contributed by atoms with E-state index in [-0.39, 0.29) is 0 Å². The van der Waals surface area contributed by atoms with Gasteiger partial charge in [-0.15, -0.1) is 0 Å². The fourth-order valence-corrected chi connectivity index (χ4v) is 4.48. The van der Waals surface area contributed by atoms with Crippen molar-refractivity contribution < 1.29 is 23.4 Å². The Morgan fingerprint density at radius 3 is 2.54 bits per heavy atom. The largest absolute Gasteiger partial charge is 0.493 e. The molecule has 2 aromatic heterocycles. The number of benzene rings is 2. The van der Waals surface area contributed by atoms with E-state index < -0.39 is 17.8 Å². The maximum atomic E-state index is 14.1. The molecule has 0 aliphatic carbocycles. The van der Waals surface area contributed by atoms with E-state index in [1.54, 1.807) is 61.5 Å². The average molecular weight is 508 g/mol. The summed E-state index contributed by atoms with van der Waals surface area (Å²) in [7, 11) is 4.64. The number of methoxy groups -OCH3 is 3. The number of carbonyl (C=O) groups is 1. The van der Waals surface area contributed by atoms with Crippen LogP contribution in [0.5, 0.6) is 17.2 Å². The molecule has 192 valence electrons. The summed E-state index contributed by atoms with van der Waals surface area (Å²) < 4.78 is 32.1.